The zero-order valence-corrected chi connectivity index (χ0v) is 13.4. The molecule has 0 radical (unpaired) electrons. The fourth-order valence-electron chi connectivity index (χ4n) is 2.73. The maximum atomic E-state index is 12.7. The number of sulfonamides is 1. The molecule has 0 aromatic heterocycles. The van der Waals surface area contributed by atoms with Gasteiger partial charge in [-0.3, -0.25) is 0 Å². The Balaban J connectivity index is 2.26. The van der Waals surface area contributed by atoms with Gasteiger partial charge in [0.05, 0.1) is 11.0 Å². The maximum Gasteiger partial charge on any atom is 0.243 e. The third kappa shape index (κ3) is 3.63. The van der Waals surface area contributed by atoms with E-state index in [1.54, 1.807) is 18.2 Å². The number of nitrogens with zero attached hydrogens (tertiary/aromatic N) is 1. The van der Waals surface area contributed by atoms with Gasteiger partial charge in [0.1, 0.15) is 0 Å². The van der Waals surface area contributed by atoms with Gasteiger partial charge in [-0.05, 0) is 44.0 Å². The highest BCUT2D eigenvalue weighted by molar-refractivity contribution is 7.89. The summed E-state index contributed by atoms with van der Waals surface area (Å²) in [5.74, 6) is 0. The van der Waals surface area contributed by atoms with E-state index in [0.717, 1.165) is 12.0 Å². The lowest BCUT2D eigenvalue weighted by Crippen LogP contribution is -2.40. The second-order valence-corrected chi connectivity index (χ2v) is 7.40. The zero-order valence-electron chi connectivity index (χ0n) is 12.6. The Morgan fingerprint density at radius 3 is 2.62 bits per heavy atom. The maximum absolute atomic E-state index is 12.7. The largest absolute Gasteiger partial charge is 0.393 e. The third-order valence-corrected chi connectivity index (χ3v) is 5.97. The van der Waals surface area contributed by atoms with E-state index in [2.05, 4.69) is 12.2 Å². The molecule has 0 amide bonds. The molecule has 1 fully saturated rings. The highest BCUT2D eigenvalue weighted by Crippen LogP contribution is 2.24. The van der Waals surface area contributed by atoms with Crippen LogP contribution >= 0.6 is 0 Å². The summed E-state index contributed by atoms with van der Waals surface area (Å²) in [6.45, 7) is 2.84. The van der Waals surface area contributed by atoms with Crippen molar-refractivity contribution in [2.75, 3.05) is 20.1 Å². The van der Waals surface area contributed by atoms with Gasteiger partial charge in [-0.1, -0.05) is 19.1 Å². The van der Waals surface area contributed by atoms with Gasteiger partial charge in [0.25, 0.3) is 0 Å². The second-order valence-electron chi connectivity index (χ2n) is 5.46. The molecule has 1 heterocycles. The normalized spacial score (nSPS) is 19.6. The van der Waals surface area contributed by atoms with Crippen LogP contribution in [0.15, 0.2) is 29.2 Å². The first-order valence-electron chi connectivity index (χ1n) is 7.44. The number of hydrogen-bond acceptors (Lipinski definition) is 4. The van der Waals surface area contributed by atoms with Gasteiger partial charge in [0, 0.05) is 19.1 Å². The molecule has 0 spiro atoms. The lowest BCUT2D eigenvalue weighted by molar-refractivity contribution is 0.113. The first kappa shape index (κ1) is 16.4. The Morgan fingerprint density at radius 1 is 1.38 bits per heavy atom. The predicted octanol–water partition coefficient (Wildman–Crippen LogP) is 1.50. The van der Waals surface area contributed by atoms with E-state index < -0.39 is 10.0 Å². The summed E-state index contributed by atoms with van der Waals surface area (Å²) in [6.07, 6.45) is 1.53. The first-order valence-corrected chi connectivity index (χ1v) is 8.88. The van der Waals surface area contributed by atoms with Crippen molar-refractivity contribution in [1.29, 1.82) is 0 Å². The standard InChI is InChI=1S/C15H24N2O3S/c1-3-15(16-2)12-5-4-6-14(11-12)21(19,20)17-9-7-13(18)8-10-17/h4-6,11,13,15-16,18H,3,7-10H2,1-2H3. The number of hydrogen-bond donors (Lipinski definition) is 2. The second kappa shape index (κ2) is 6.87. The van der Waals surface area contributed by atoms with E-state index in [1.807, 2.05) is 13.1 Å². The lowest BCUT2D eigenvalue weighted by Gasteiger charge is -2.29. The summed E-state index contributed by atoms with van der Waals surface area (Å²) >= 11 is 0. The Labute approximate surface area is 127 Å². The summed E-state index contributed by atoms with van der Waals surface area (Å²) in [4.78, 5) is 0.338. The van der Waals surface area contributed by atoms with Crippen LogP contribution in [0.5, 0.6) is 0 Å². The molecule has 1 atom stereocenters. The van der Waals surface area contributed by atoms with Gasteiger partial charge in [0.2, 0.25) is 10.0 Å². The van der Waals surface area contributed by atoms with E-state index in [9.17, 15) is 13.5 Å². The fourth-order valence-corrected chi connectivity index (χ4v) is 4.26. The number of aliphatic hydroxyl groups is 1. The van der Waals surface area contributed by atoms with Crippen LogP contribution in [0, 0.1) is 0 Å². The van der Waals surface area contributed by atoms with Gasteiger partial charge < -0.3 is 10.4 Å². The molecule has 118 valence electrons. The van der Waals surface area contributed by atoms with E-state index in [0.29, 0.717) is 30.8 Å². The Kier molecular flexibility index (Phi) is 5.37. The fraction of sp³-hybridized carbons (Fsp3) is 0.600. The average molecular weight is 312 g/mol. The molecule has 6 heteroatoms. The molecule has 1 aromatic rings. The molecule has 2 rings (SSSR count). The van der Waals surface area contributed by atoms with E-state index in [4.69, 9.17) is 0 Å². The number of aliphatic hydroxyl groups excluding tert-OH is 1. The summed E-state index contributed by atoms with van der Waals surface area (Å²) in [7, 11) is -1.59. The number of piperidine rings is 1. The lowest BCUT2D eigenvalue weighted by atomic mass is 10.1. The van der Waals surface area contributed by atoms with Gasteiger partial charge in [-0.2, -0.15) is 4.31 Å². The molecule has 0 aliphatic carbocycles. The Hall–Kier alpha value is -0.950. The van der Waals surface area contributed by atoms with Crippen molar-refractivity contribution < 1.29 is 13.5 Å². The molecular formula is C15H24N2O3S. The smallest absolute Gasteiger partial charge is 0.243 e. The predicted molar refractivity (Wildman–Crippen MR) is 82.5 cm³/mol. The van der Waals surface area contributed by atoms with Crippen LogP contribution in [0.1, 0.15) is 37.8 Å². The zero-order chi connectivity index (χ0) is 15.5. The Bertz CT molecular complexity index is 562. The van der Waals surface area contributed by atoms with Crippen LogP contribution in [0.3, 0.4) is 0 Å². The van der Waals surface area contributed by atoms with Crippen molar-refractivity contribution >= 4 is 10.0 Å². The minimum Gasteiger partial charge on any atom is -0.393 e. The summed E-state index contributed by atoms with van der Waals surface area (Å²) < 4.78 is 26.8. The molecule has 1 aliphatic heterocycles. The van der Waals surface area contributed by atoms with Crippen LogP contribution in [0.25, 0.3) is 0 Å². The van der Waals surface area contributed by atoms with Gasteiger partial charge in [0.15, 0.2) is 0 Å². The highest BCUT2D eigenvalue weighted by Gasteiger charge is 2.29. The number of benzene rings is 1. The SMILES string of the molecule is CCC(NC)c1cccc(S(=O)(=O)N2CCC(O)CC2)c1. The molecular weight excluding hydrogens is 288 g/mol. The molecule has 2 N–H and O–H groups in total. The monoisotopic (exact) mass is 312 g/mol. The molecule has 5 nitrogen and oxygen atoms in total. The van der Waals surface area contributed by atoms with Crippen LogP contribution in [-0.2, 0) is 10.0 Å². The van der Waals surface area contributed by atoms with Crippen molar-refractivity contribution in [3.05, 3.63) is 29.8 Å². The highest BCUT2D eigenvalue weighted by atomic mass is 32.2. The summed E-state index contributed by atoms with van der Waals surface area (Å²) in [6, 6.07) is 7.30. The quantitative estimate of drug-likeness (QED) is 0.864. The number of nitrogens with one attached hydrogen (secondary N) is 1. The molecule has 0 saturated carbocycles. The van der Waals surface area contributed by atoms with Crippen molar-refractivity contribution in [3.8, 4) is 0 Å². The summed E-state index contributed by atoms with van der Waals surface area (Å²) in [5.41, 5.74) is 0.984. The van der Waals surface area contributed by atoms with Crippen molar-refractivity contribution in [2.45, 2.75) is 43.2 Å². The topological polar surface area (TPSA) is 69.6 Å². The molecule has 21 heavy (non-hydrogen) atoms. The van der Waals surface area contributed by atoms with E-state index in [-0.39, 0.29) is 12.1 Å². The minimum atomic E-state index is -3.46. The average Bonchev–Trinajstić information content (AvgIpc) is 2.49. The van der Waals surface area contributed by atoms with Gasteiger partial charge >= 0.3 is 0 Å². The van der Waals surface area contributed by atoms with Crippen LogP contribution in [0.4, 0.5) is 0 Å². The van der Waals surface area contributed by atoms with Crippen molar-refractivity contribution in [2.24, 2.45) is 0 Å². The van der Waals surface area contributed by atoms with Crippen LogP contribution in [0.2, 0.25) is 0 Å². The first-order chi connectivity index (χ1) is 9.98. The summed E-state index contributed by atoms with van der Waals surface area (Å²) in [5, 5.41) is 12.7. The number of rotatable bonds is 5. The van der Waals surface area contributed by atoms with E-state index in [1.165, 1.54) is 4.31 Å². The van der Waals surface area contributed by atoms with Crippen LogP contribution < -0.4 is 5.32 Å². The molecule has 1 aromatic carbocycles. The molecule has 1 unspecified atom stereocenters. The van der Waals surface area contributed by atoms with Crippen LogP contribution in [-0.4, -0.2) is 44.1 Å². The van der Waals surface area contributed by atoms with Gasteiger partial charge in [-0.25, -0.2) is 8.42 Å². The molecule has 0 bridgehead atoms. The molecule has 1 aliphatic rings. The molecule has 1 saturated heterocycles. The van der Waals surface area contributed by atoms with Crippen molar-refractivity contribution in [1.82, 2.24) is 9.62 Å². The van der Waals surface area contributed by atoms with Gasteiger partial charge in [-0.15, -0.1) is 0 Å². The minimum absolute atomic E-state index is 0.156. The third-order valence-electron chi connectivity index (χ3n) is 4.08. The van der Waals surface area contributed by atoms with E-state index >= 15 is 0 Å². The van der Waals surface area contributed by atoms with Crippen molar-refractivity contribution in [3.63, 3.8) is 0 Å². The Morgan fingerprint density at radius 2 is 2.05 bits per heavy atom.